The lowest BCUT2D eigenvalue weighted by molar-refractivity contribution is 0.292. The van der Waals surface area contributed by atoms with E-state index in [2.05, 4.69) is 52.4 Å². The van der Waals surface area contributed by atoms with E-state index in [1.807, 2.05) is 0 Å². The van der Waals surface area contributed by atoms with Crippen LogP contribution in [0.5, 0.6) is 0 Å². The number of aliphatic hydroxyl groups is 1. The molecule has 0 aliphatic rings. The molecule has 2 aromatic heterocycles. The molecule has 0 spiro atoms. The number of aliphatic hydroxyl groups excluding tert-OH is 1. The van der Waals surface area contributed by atoms with Gasteiger partial charge in [0.2, 0.25) is 0 Å². The summed E-state index contributed by atoms with van der Waals surface area (Å²) in [6, 6.07) is 0. The number of nitrogens with one attached hydrogen (secondary N) is 1. The lowest BCUT2D eigenvalue weighted by Crippen LogP contribution is -2.25. The van der Waals surface area contributed by atoms with E-state index in [1.54, 1.807) is 6.33 Å². The predicted molar refractivity (Wildman–Crippen MR) is 99.6 cm³/mol. The van der Waals surface area contributed by atoms with Crippen molar-refractivity contribution in [3.05, 3.63) is 17.6 Å². The number of aryl methyl sites for hydroxylation is 2. The zero-order chi connectivity index (χ0) is 17.5. The standard InChI is InChI=1S/C18H31N5O/c1-5-22(6-2)10-8-11-23-15(4)14(3)16-17(19-9-7-12-24)20-13-21-18(16)23/h13,24H,5-12H2,1-4H3,(H,19,20,21). The van der Waals surface area contributed by atoms with Crippen LogP contribution in [0.3, 0.4) is 0 Å². The Kier molecular flexibility index (Phi) is 6.99. The van der Waals surface area contributed by atoms with E-state index in [0.29, 0.717) is 13.0 Å². The summed E-state index contributed by atoms with van der Waals surface area (Å²) in [4.78, 5) is 11.4. The molecule has 24 heavy (non-hydrogen) atoms. The topological polar surface area (TPSA) is 66.2 Å². The van der Waals surface area contributed by atoms with Gasteiger partial charge in [0.25, 0.3) is 0 Å². The van der Waals surface area contributed by atoms with Gasteiger partial charge in [-0.2, -0.15) is 0 Å². The molecule has 0 bridgehead atoms. The van der Waals surface area contributed by atoms with Crippen LogP contribution in [0.4, 0.5) is 5.82 Å². The Bertz CT molecular complexity index is 648. The Hall–Kier alpha value is -1.66. The monoisotopic (exact) mass is 333 g/mol. The van der Waals surface area contributed by atoms with Gasteiger partial charge in [-0.15, -0.1) is 0 Å². The van der Waals surface area contributed by atoms with Crippen molar-refractivity contribution in [1.29, 1.82) is 0 Å². The van der Waals surface area contributed by atoms with Gasteiger partial charge in [-0.05, 0) is 51.9 Å². The van der Waals surface area contributed by atoms with Crippen molar-refractivity contribution >= 4 is 16.9 Å². The van der Waals surface area contributed by atoms with Crippen LogP contribution in [0.15, 0.2) is 6.33 Å². The summed E-state index contributed by atoms with van der Waals surface area (Å²) in [5.41, 5.74) is 3.50. The van der Waals surface area contributed by atoms with Crippen molar-refractivity contribution < 1.29 is 5.11 Å². The van der Waals surface area contributed by atoms with Gasteiger partial charge >= 0.3 is 0 Å². The van der Waals surface area contributed by atoms with Gasteiger partial charge in [0.15, 0.2) is 0 Å². The molecular formula is C18H31N5O. The highest BCUT2D eigenvalue weighted by Crippen LogP contribution is 2.28. The van der Waals surface area contributed by atoms with Crippen LogP contribution in [0, 0.1) is 13.8 Å². The molecule has 134 valence electrons. The Labute approximate surface area is 144 Å². The first-order valence-corrected chi connectivity index (χ1v) is 9.01. The normalized spacial score (nSPS) is 11.6. The Morgan fingerprint density at radius 3 is 2.58 bits per heavy atom. The van der Waals surface area contributed by atoms with Crippen LogP contribution in [0.25, 0.3) is 11.0 Å². The van der Waals surface area contributed by atoms with Crippen LogP contribution in [0.1, 0.15) is 37.9 Å². The van der Waals surface area contributed by atoms with Gasteiger partial charge in [0.05, 0.1) is 5.39 Å². The summed E-state index contributed by atoms with van der Waals surface area (Å²) < 4.78 is 2.31. The molecule has 6 heteroatoms. The van der Waals surface area contributed by atoms with Crippen LogP contribution in [0.2, 0.25) is 0 Å². The van der Waals surface area contributed by atoms with Crippen molar-refractivity contribution in [2.75, 3.05) is 38.1 Å². The molecule has 0 saturated heterocycles. The Balaban J connectivity index is 2.21. The number of hydrogen-bond donors (Lipinski definition) is 2. The predicted octanol–water partition coefficient (Wildman–Crippen LogP) is 2.57. The minimum Gasteiger partial charge on any atom is -0.396 e. The first kappa shape index (κ1) is 18.7. The molecule has 2 rings (SSSR count). The summed E-state index contributed by atoms with van der Waals surface area (Å²) >= 11 is 0. The molecule has 2 N–H and O–H groups in total. The maximum atomic E-state index is 8.96. The minimum absolute atomic E-state index is 0.186. The van der Waals surface area contributed by atoms with Crippen molar-refractivity contribution in [1.82, 2.24) is 19.4 Å². The third-order valence-corrected chi connectivity index (χ3v) is 4.78. The molecule has 0 atom stereocenters. The first-order chi connectivity index (χ1) is 11.6. The molecule has 0 saturated carbocycles. The Morgan fingerprint density at radius 1 is 1.17 bits per heavy atom. The smallest absolute Gasteiger partial charge is 0.145 e. The van der Waals surface area contributed by atoms with Gasteiger partial charge < -0.3 is 19.9 Å². The highest BCUT2D eigenvalue weighted by molar-refractivity contribution is 5.91. The first-order valence-electron chi connectivity index (χ1n) is 9.01. The van der Waals surface area contributed by atoms with Crippen LogP contribution in [-0.4, -0.2) is 57.3 Å². The highest BCUT2D eigenvalue weighted by Gasteiger charge is 2.16. The lowest BCUT2D eigenvalue weighted by Gasteiger charge is -2.18. The molecule has 2 heterocycles. The van der Waals surface area contributed by atoms with Gasteiger partial charge in [-0.1, -0.05) is 13.8 Å². The summed E-state index contributed by atoms with van der Waals surface area (Å²) in [5, 5.41) is 13.4. The lowest BCUT2D eigenvalue weighted by atomic mass is 10.2. The number of rotatable bonds is 10. The van der Waals surface area contributed by atoms with Gasteiger partial charge in [0.1, 0.15) is 17.8 Å². The van der Waals surface area contributed by atoms with Crippen LogP contribution >= 0.6 is 0 Å². The van der Waals surface area contributed by atoms with Crippen molar-refractivity contribution in [3.8, 4) is 0 Å². The molecule has 0 radical (unpaired) electrons. The summed E-state index contributed by atoms with van der Waals surface area (Å²) in [7, 11) is 0. The number of aromatic nitrogens is 3. The molecule has 2 aromatic rings. The number of nitrogens with zero attached hydrogens (tertiary/aromatic N) is 4. The second-order valence-corrected chi connectivity index (χ2v) is 6.17. The summed E-state index contributed by atoms with van der Waals surface area (Å²) in [6.45, 7) is 13.9. The zero-order valence-corrected chi connectivity index (χ0v) is 15.5. The number of anilines is 1. The molecule has 0 unspecified atom stereocenters. The summed E-state index contributed by atoms with van der Waals surface area (Å²) in [5.74, 6) is 0.872. The average molecular weight is 333 g/mol. The molecular weight excluding hydrogens is 302 g/mol. The average Bonchev–Trinajstić information content (AvgIpc) is 2.84. The fourth-order valence-electron chi connectivity index (χ4n) is 3.15. The zero-order valence-electron chi connectivity index (χ0n) is 15.5. The van der Waals surface area contributed by atoms with E-state index in [9.17, 15) is 0 Å². The maximum Gasteiger partial charge on any atom is 0.145 e. The van der Waals surface area contributed by atoms with E-state index in [-0.39, 0.29) is 6.61 Å². The van der Waals surface area contributed by atoms with Gasteiger partial charge in [-0.3, -0.25) is 0 Å². The molecule has 0 aromatic carbocycles. The molecule has 0 aliphatic carbocycles. The summed E-state index contributed by atoms with van der Waals surface area (Å²) in [6.07, 6.45) is 3.46. The number of hydrogen-bond acceptors (Lipinski definition) is 5. The SMILES string of the molecule is CCN(CC)CCCn1c(C)c(C)c2c(NCCCO)ncnc21. The maximum absolute atomic E-state index is 8.96. The van der Waals surface area contributed by atoms with Gasteiger partial charge in [0, 0.05) is 25.4 Å². The van der Waals surface area contributed by atoms with E-state index >= 15 is 0 Å². The fraction of sp³-hybridized carbons (Fsp3) is 0.667. The Morgan fingerprint density at radius 2 is 1.92 bits per heavy atom. The molecule has 0 fully saturated rings. The molecule has 0 amide bonds. The number of fused-ring (bicyclic) bond motifs is 1. The quantitative estimate of drug-likeness (QED) is 0.654. The minimum atomic E-state index is 0.186. The third-order valence-electron chi connectivity index (χ3n) is 4.78. The molecule has 0 aliphatic heterocycles. The highest BCUT2D eigenvalue weighted by atomic mass is 16.3. The van der Waals surface area contributed by atoms with E-state index in [4.69, 9.17) is 5.11 Å². The van der Waals surface area contributed by atoms with Crippen LogP contribution < -0.4 is 5.32 Å². The van der Waals surface area contributed by atoms with Crippen LogP contribution in [-0.2, 0) is 6.54 Å². The van der Waals surface area contributed by atoms with Gasteiger partial charge in [-0.25, -0.2) is 9.97 Å². The largest absolute Gasteiger partial charge is 0.396 e. The van der Waals surface area contributed by atoms with E-state index in [1.165, 1.54) is 11.3 Å². The fourth-order valence-corrected chi connectivity index (χ4v) is 3.15. The second kappa shape index (κ2) is 8.99. The van der Waals surface area contributed by atoms with E-state index < -0.39 is 0 Å². The van der Waals surface area contributed by atoms with Crippen molar-refractivity contribution in [2.24, 2.45) is 0 Å². The van der Waals surface area contributed by atoms with E-state index in [0.717, 1.165) is 49.5 Å². The molecule has 6 nitrogen and oxygen atoms in total. The third kappa shape index (κ3) is 4.05. The second-order valence-electron chi connectivity index (χ2n) is 6.17. The van der Waals surface area contributed by atoms with Crippen molar-refractivity contribution in [2.45, 2.75) is 47.1 Å². The van der Waals surface area contributed by atoms with Crippen molar-refractivity contribution in [3.63, 3.8) is 0 Å².